The van der Waals surface area contributed by atoms with Crippen LogP contribution in [0.3, 0.4) is 0 Å². The number of amides is 1. The van der Waals surface area contributed by atoms with Gasteiger partial charge in [0.2, 0.25) is 0 Å². The first-order valence-electron chi connectivity index (χ1n) is 8.09. The van der Waals surface area contributed by atoms with Gasteiger partial charge in [-0.1, -0.05) is 0 Å². The third kappa shape index (κ3) is 5.19. The number of halogens is 4. The molecule has 4 N–H and O–H groups in total. The van der Waals surface area contributed by atoms with Crippen molar-refractivity contribution in [2.45, 2.75) is 23.6 Å². The van der Waals surface area contributed by atoms with Crippen molar-refractivity contribution >= 4 is 21.2 Å². The van der Waals surface area contributed by atoms with Gasteiger partial charge in [0.05, 0.1) is 27.8 Å². The molecular formula is C18H16F4N2O5S. The molecule has 0 fully saturated rings. The van der Waals surface area contributed by atoms with Crippen LogP contribution in [0.15, 0.2) is 47.4 Å². The summed E-state index contributed by atoms with van der Waals surface area (Å²) in [5, 5.41) is 21.1. The predicted molar refractivity (Wildman–Crippen MR) is 98.3 cm³/mol. The van der Waals surface area contributed by atoms with Crippen molar-refractivity contribution < 1.29 is 40.8 Å². The molecule has 1 unspecified atom stereocenters. The lowest BCUT2D eigenvalue weighted by Crippen LogP contribution is -2.53. The molecule has 0 radical (unpaired) electrons. The average Bonchev–Trinajstić information content (AvgIpc) is 2.59. The Bertz CT molecular complexity index is 1090. The molecule has 12 heteroatoms. The molecule has 0 spiro atoms. The van der Waals surface area contributed by atoms with Crippen LogP contribution in [-0.2, 0) is 20.6 Å². The molecule has 2 aromatic carbocycles. The van der Waals surface area contributed by atoms with Gasteiger partial charge in [-0.25, -0.2) is 8.60 Å². The van der Waals surface area contributed by atoms with E-state index in [0.29, 0.717) is 6.07 Å². The van der Waals surface area contributed by atoms with Crippen molar-refractivity contribution in [3.8, 4) is 6.07 Å². The molecule has 0 heterocycles. The van der Waals surface area contributed by atoms with Gasteiger partial charge in [0.15, 0.2) is 5.60 Å². The third-order valence-corrected chi connectivity index (χ3v) is 6.32. The summed E-state index contributed by atoms with van der Waals surface area (Å²) in [6.07, 6.45) is -4.90. The molecule has 0 aliphatic carbocycles. The number of rotatable bonds is 5. The van der Waals surface area contributed by atoms with Crippen LogP contribution >= 0.6 is 0 Å². The Morgan fingerprint density at radius 3 is 2.23 bits per heavy atom. The summed E-state index contributed by atoms with van der Waals surface area (Å²) >= 11 is 0. The second-order valence-corrected chi connectivity index (χ2v) is 9.51. The highest BCUT2D eigenvalue weighted by molar-refractivity contribution is 8.10. The Balaban J connectivity index is 2.31. The maximum atomic E-state index is 13.0. The highest BCUT2D eigenvalue weighted by atomic mass is 32.3. The predicted octanol–water partition coefficient (Wildman–Crippen LogP) is 3.23. The van der Waals surface area contributed by atoms with Gasteiger partial charge in [-0.2, -0.15) is 18.4 Å². The van der Waals surface area contributed by atoms with Crippen molar-refractivity contribution in [3.63, 3.8) is 0 Å². The summed E-state index contributed by atoms with van der Waals surface area (Å²) in [4.78, 5) is 11.7. The van der Waals surface area contributed by atoms with E-state index in [2.05, 4.69) is 0 Å². The standard InChI is InChI=1S/C18H16F4N2O5S/c1-17(26,10-30(27,28,29)14-6-3-12(19)4-7-14)16(25)24-13-5-2-11(9-23)15(8-13)18(20,21)22/h2-8,26H,10H2,1H3,(H,24,25)(H2,27,28,29). The van der Waals surface area contributed by atoms with E-state index in [1.54, 1.807) is 0 Å². The van der Waals surface area contributed by atoms with Crippen molar-refractivity contribution in [1.82, 2.24) is 0 Å². The van der Waals surface area contributed by atoms with E-state index in [1.807, 2.05) is 5.32 Å². The molecule has 0 aliphatic rings. The molecule has 0 saturated carbocycles. The smallest absolute Gasteiger partial charge is 0.379 e. The number of alkyl halides is 3. The molecule has 30 heavy (non-hydrogen) atoms. The molecule has 1 amide bonds. The van der Waals surface area contributed by atoms with E-state index in [4.69, 9.17) is 5.26 Å². The monoisotopic (exact) mass is 448 g/mol. The lowest BCUT2D eigenvalue weighted by molar-refractivity contribution is -0.137. The molecule has 0 aliphatic heterocycles. The van der Waals surface area contributed by atoms with Gasteiger partial charge in [0, 0.05) is 5.69 Å². The van der Waals surface area contributed by atoms with Gasteiger partial charge in [-0.3, -0.25) is 4.79 Å². The Morgan fingerprint density at radius 2 is 1.73 bits per heavy atom. The lowest BCUT2D eigenvalue weighted by atomic mass is 10.1. The number of carbonyl (C=O) groups is 1. The quantitative estimate of drug-likeness (QED) is 0.520. The van der Waals surface area contributed by atoms with Crippen LogP contribution in [0.25, 0.3) is 0 Å². The van der Waals surface area contributed by atoms with Gasteiger partial charge in [0.25, 0.3) is 5.91 Å². The number of hydrogen-bond acceptors (Lipinski definition) is 4. The SMILES string of the molecule is CC(O)(CS(=O)(O)(O)c1ccc(F)cc1)C(=O)Nc1ccc(C#N)c(C(F)(F)F)c1. The molecule has 0 bridgehead atoms. The van der Waals surface area contributed by atoms with Crippen LogP contribution < -0.4 is 5.32 Å². The fourth-order valence-corrected chi connectivity index (χ4v) is 4.58. The number of nitrogens with zero attached hydrogens (tertiary/aromatic N) is 1. The second kappa shape index (κ2) is 7.44. The van der Waals surface area contributed by atoms with Gasteiger partial charge in [-0.15, -0.1) is 0 Å². The Morgan fingerprint density at radius 1 is 1.17 bits per heavy atom. The summed E-state index contributed by atoms with van der Waals surface area (Å²) < 4.78 is 85.1. The highest BCUT2D eigenvalue weighted by Gasteiger charge is 2.45. The Kier molecular flexibility index (Phi) is 5.81. The summed E-state index contributed by atoms with van der Waals surface area (Å²) in [6, 6.07) is 6.71. The molecule has 162 valence electrons. The summed E-state index contributed by atoms with van der Waals surface area (Å²) in [6.45, 7) is 0.764. The van der Waals surface area contributed by atoms with E-state index in [-0.39, 0.29) is 0 Å². The summed E-state index contributed by atoms with van der Waals surface area (Å²) in [7, 11) is -5.83. The largest absolute Gasteiger partial charge is 0.417 e. The first kappa shape index (κ1) is 23.4. The highest BCUT2D eigenvalue weighted by Crippen LogP contribution is 2.35. The van der Waals surface area contributed by atoms with Crippen LogP contribution in [-0.4, -0.2) is 35.7 Å². The zero-order valence-electron chi connectivity index (χ0n) is 15.3. The lowest BCUT2D eigenvalue weighted by Gasteiger charge is -2.36. The number of hydrogen-bond donors (Lipinski definition) is 4. The molecule has 2 aromatic rings. The van der Waals surface area contributed by atoms with Gasteiger partial charge in [-0.05, 0) is 49.4 Å². The molecular weight excluding hydrogens is 432 g/mol. The zero-order valence-corrected chi connectivity index (χ0v) is 16.1. The molecule has 2 rings (SSSR count). The molecule has 0 saturated heterocycles. The minimum absolute atomic E-state index is 0.451. The minimum Gasteiger partial charge on any atom is -0.379 e. The van der Waals surface area contributed by atoms with Crippen molar-refractivity contribution in [2.75, 3.05) is 11.1 Å². The van der Waals surface area contributed by atoms with E-state index >= 15 is 0 Å². The fraction of sp³-hybridized carbons (Fsp3) is 0.222. The van der Waals surface area contributed by atoms with E-state index in [9.17, 15) is 40.8 Å². The Labute approximate surface area is 168 Å². The fourth-order valence-electron chi connectivity index (χ4n) is 2.58. The van der Waals surface area contributed by atoms with Gasteiger partial charge < -0.3 is 19.5 Å². The third-order valence-electron chi connectivity index (χ3n) is 4.02. The normalized spacial score (nSPS) is 15.4. The minimum atomic E-state index is -5.83. The summed E-state index contributed by atoms with van der Waals surface area (Å²) in [5.41, 5.74) is -5.21. The van der Waals surface area contributed by atoms with Crippen molar-refractivity contribution in [3.05, 3.63) is 59.4 Å². The maximum absolute atomic E-state index is 13.0. The van der Waals surface area contributed by atoms with Gasteiger partial charge in [0.1, 0.15) is 15.4 Å². The molecule has 7 nitrogen and oxygen atoms in total. The first-order valence-corrected chi connectivity index (χ1v) is 10.1. The van der Waals surface area contributed by atoms with E-state index in [1.165, 1.54) is 6.07 Å². The van der Waals surface area contributed by atoms with Crippen molar-refractivity contribution in [2.24, 2.45) is 0 Å². The number of nitriles is 1. The van der Waals surface area contributed by atoms with Crippen LogP contribution in [0.4, 0.5) is 23.2 Å². The van der Waals surface area contributed by atoms with Crippen LogP contribution in [0.1, 0.15) is 18.1 Å². The van der Waals surface area contributed by atoms with E-state index in [0.717, 1.165) is 43.3 Å². The van der Waals surface area contributed by atoms with E-state index < -0.39 is 60.6 Å². The van der Waals surface area contributed by atoms with Crippen molar-refractivity contribution in [1.29, 1.82) is 5.26 Å². The zero-order chi connectivity index (χ0) is 23.0. The van der Waals surface area contributed by atoms with Crippen LogP contribution in [0.5, 0.6) is 0 Å². The second-order valence-electron chi connectivity index (χ2n) is 6.71. The topological polar surface area (TPSA) is 131 Å². The van der Waals surface area contributed by atoms with Gasteiger partial charge >= 0.3 is 6.18 Å². The van der Waals surface area contributed by atoms with Crippen LogP contribution in [0, 0.1) is 17.1 Å². The summed E-state index contributed by atoms with van der Waals surface area (Å²) in [5.74, 6) is -3.61. The Hall–Kier alpha value is -2.85. The first-order chi connectivity index (χ1) is 13.5. The molecule has 0 aromatic heterocycles. The maximum Gasteiger partial charge on any atom is 0.417 e. The number of benzene rings is 2. The number of aliphatic hydroxyl groups is 1. The number of anilines is 1. The number of carbonyl (C=O) groups excluding carboxylic acids is 1. The van der Waals surface area contributed by atoms with Crippen LogP contribution in [0.2, 0.25) is 0 Å². The molecule has 1 atom stereocenters. The number of nitrogens with one attached hydrogen (secondary N) is 1. The average molecular weight is 448 g/mol.